The number of H-pyrrole nitrogens is 1. The predicted octanol–water partition coefficient (Wildman–Crippen LogP) is 3.60. The van der Waals surface area contributed by atoms with Crippen molar-refractivity contribution < 1.29 is 9.15 Å². The van der Waals surface area contributed by atoms with E-state index in [0.717, 1.165) is 34.5 Å². The topological polar surface area (TPSA) is 88.9 Å². The fraction of sp³-hybridized carbons (Fsp3) is 0.471. The minimum absolute atomic E-state index is 0.380. The van der Waals surface area contributed by atoms with Gasteiger partial charge in [-0.05, 0) is 43.2 Å². The number of nitrogens with zero attached hydrogens (tertiary/aromatic N) is 3. The van der Waals surface area contributed by atoms with E-state index in [1.807, 2.05) is 18.2 Å². The summed E-state index contributed by atoms with van der Waals surface area (Å²) in [5.74, 6) is 4.06. The predicted molar refractivity (Wildman–Crippen MR) is 88.4 cm³/mol. The zero-order valence-corrected chi connectivity index (χ0v) is 13.5. The summed E-state index contributed by atoms with van der Waals surface area (Å²) >= 11 is 0. The lowest BCUT2D eigenvalue weighted by Gasteiger charge is -2.17. The number of methoxy groups -OCH3 is 1. The summed E-state index contributed by atoms with van der Waals surface area (Å²) in [4.78, 5) is 7.70. The molecule has 2 heterocycles. The summed E-state index contributed by atoms with van der Waals surface area (Å²) in [6, 6.07) is 6.13. The van der Waals surface area contributed by atoms with E-state index in [-0.39, 0.29) is 0 Å². The molecule has 5 rings (SSSR count). The third-order valence-corrected chi connectivity index (χ3v) is 5.42. The number of nitrogens with one attached hydrogen (secondary N) is 2. The minimum Gasteiger partial charge on any atom is -0.494 e. The van der Waals surface area contributed by atoms with Gasteiger partial charge in [0.2, 0.25) is 11.8 Å². The van der Waals surface area contributed by atoms with E-state index < -0.39 is 0 Å². The van der Waals surface area contributed by atoms with E-state index >= 15 is 0 Å². The average Bonchev–Trinajstić information content (AvgIpc) is 3.37. The largest absolute Gasteiger partial charge is 0.494 e. The standard InChI is InChI=1S/C17H19N5O2/c1-23-13-4-2-3-12-14(13)19-16(18-12)20-17-22-21-15(24-17)11-8-9-5-6-10(11)7-9/h2-4,9-11H,5-8H2,1H3,(H2,18,19,20,22)/t9-,10+,11?/m0/s1. The van der Waals surface area contributed by atoms with E-state index in [1.165, 1.54) is 25.7 Å². The van der Waals surface area contributed by atoms with Crippen LogP contribution in [0.4, 0.5) is 12.0 Å². The molecule has 2 fully saturated rings. The van der Waals surface area contributed by atoms with Crippen molar-refractivity contribution in [2.75, 3.05) is 12.4 Å². The van der Waals surface area contributed by atoms with Gasteiger partial charge in [0.25, 0.3) is 0 Å². The van der Waals surface area contributed by atoms with Crippen molar-refractivity contribution >= 4 is 23.0 Å². The summed E-state index contributed by atoms with van der Waals surface area (Å²) in [6.07, 6.45) is 5.17. The molecule has 7 heteroatoms. The second-order valence-corrected chi connectivity index (χ2v) is 6.79. The SMILES string of the molecule is COc1cccc2[nH]c(Nc3nnc(C4C[C@H]5CC[C@@H]4C5)o3)nc12. The quantitative estimate of drug-likeness (QED) is 0.762. The molecule has 0 amide bonds. The van der Waals surface area contributed by atoms with Gasteiger partial charge in [-0.3, -0.25) is 5.32 Å². The molecule has 7 nitrogen and oxygen atoms in total. The summed E-state index contributed by atoms with van der Waals surface area (Å²) < 4.78 is 11.2. The Kier molecular flexibility index (Phi) is 3.01. The minimum atomic E-state index is 0.380. The van der Waals surface area contributed by atoms with Crippen molar-refractivity contribution in [2.24, 2.45) is 11.8 Å². The van der Waals surface area contributed by atoms with Crippen molar-refractivity contribution in [1.82, 2.24) is 20.2 Å². The number of aromatic amines is 1. The van der Waals surface area contributed by atoms with Gasteiger partial charge in [0.15, 0.2) is 0 Å². The molecule has 24 heavy (non-hydrogen) atoms. The first-order valence-electron chi connectivity index (χ1n) is 8.43. The maximum atomic E-state index is 5.85. The molecule has 2 saturated carbocycles. The van der Waals surface area contributed by atoms with Crippen molar-refractivity contribution in [2.45, 2.75) is 31.6 Å². The Morgan fingerprint density at radius 1 is 1.25 bits per heavy atom. The first-order valence-corrected chi connectivity index (χ1v) is 8.43. The van der Waals surface area contributed by atoms with Gasteiger partial charge in [0.05, 0.1) is 12.6 Å². The summed E-state index contributed by atoms with van der Waals surface area (Å²) in [7, 11) is 1.64. The molecule has 3 atom stereocenters. The fourth-order valence-corrected chi connectivity index (χ4v) is 4.31. The molecule has 2 aliphatic rings. The molecule has 0 aliphatic heterocycles. The van der Waals surface area contributed by atoms with Crippen LogP contribution in [-0.2, 0) is 0 Å². The van der Waals surface area contributed by atoms with Gasteiger partial charge < -0.3 is 14.1 Å². The van der Waals surface area contributed by atoms with Crippen LogP contribution >= 0.6 is 0 Å². The van der Waals surface area contributed by atoms with E-state index in [0.29, 0.717) is 17.9 Å². The number of hydrogen-bond donors (Lipinski definition) is 2. The molecule has 0 spiro atoms. The lowest BCUT2D eigenvalue weighted by molar-refractivity contribution is 0.349. The summed E-state index contributed by atoms with van der Waals surface area (Å²) in [5.41, 5.74) is 1.67. The molecule has 2 N–H and O–H groups in total. The highest BCUT2D eigenvalue weighted by Gasteiger charge is 2.42. The number of rotatable bonds is 4. The number of hydrogen-bond acceptors (Lipinski definition) is 6. The fourth-order valence-electron chi connectivity index (χ4n) is 4.31. The number of aromatic nitrogens is 4. The van der Waals surface area contributed by atoms with Crippen molar-refractivity contribution in [3.63, 3.8) is 0 Å². The molecule has 2 bridgehead atoms. The molecular formula is C17H19N5O2. The molecule has 2 aromatic heterocycles. The van der Waals surface area contributed by atoms with Crippen LogP contribution in [0.15, 0.2) is 22.6 Å². The maximum Gasteiger partial charge on any atom is 0.322 e. The highest BCUT2D eigenvalue weighted by Crippen LogP contribution is 2.52. The summed E-state index contributed by atoms with van der Waals surface area (Å²) in [6.45, 7) is 0. The molecule has 1 aromatic carbocycles. The Balaban J connectivity index is 1.38. The van der Waals surface area contributed by atoms with Crippen LogP contribution in [0.25, 0.3) is 11.0 Å². The highest BCUT2D eigenvalue weighted by molar-refractivity contribution is 5.83. The first-order chi connectivity index (χ1) is 11.8. The molecule has 0 radical (unpaired) electrons. The third-order valence-electron chi connectivity index (χ3n) is 5.42. The van der Waals surface area contributed by atoms with E-state index in [9.17, 15) is 0 Å². The Morgan fingerprint density at radius 3 is 3.00 bits per heavy atom. The Bertz CT molecular complexity index is 886. The van der Waals surface area contributed by atoms with Crippen LogP contribution in [0.2, 0.25) is 0 Å². The number of anilines is 2. The average molecular weight is 325 g/mol. The van der Waals surface area contributed by atoms with Gasteiger partial charge in [-0.25, -0.2) is 4.98 Å². The molecular weight excluding hydrogens is 306 g/mol. The van der Waals surface area contributed by atoms with Crippen LogP contribution in [0.5, 0.6) is 5.75 Å². The highest BCUT2D eigenvalue weighted by atomic mass is 16.5. The molecule has 3 aromatic rings. The van der Waals surface area contributed by atoms with Gasteiger partial charge in [-0.15, -0.1) is 5.10 Å². The molecule has 1 unspecified atom stereocenters. The van der Waals surface area contributed by atoms with Crippen molar-refractivity contribution in [1.29, 1.82) is 0 Å². The van der Waals surface area contributed by atoms with Crippen LogP contribution in [-0.4, -0.2) is 27.3 Å². The van der Waals surface area contributed by atoms with Gasteiger partial charge >= 0.3 is 6.01 Å². The third kappa shape index (κ3) is 2.15. The normalized spacial score (nSPS) is 25.5. The smallest absolute Gasteiger partial charge is 0.322 e. The number of imidazole rings is 1. The van der Waals surface area contributed by atoms with Gasteiger partial charge in [-0.1, -0.05) is 17.6 Å². The van der Waals surface area contributed by atoms with Crippen LogP contribution in [0.3, 0.4) is 0 Å². The van der Waals surface area contributed by atoms with Crippen LogP contribution in [0.1, 0.15) is 37.5 Å². The second-order valence-electron chi connectivity index (χ2n) is 6.79. The Labute approximate surface area is 138 Å². The van der Waals surface area contributed by atoms with Crippen molar-refractivity contribution in [3.05, 3.63) is 24.1 Å². The monoisotopic (exact) mass is 325 g/mol. The number of benzene rings is 1. The first kappa shape index (κ1) is 13.8. The van der Waals surface area contributed by atoms with Gasteiger partial charge in [0, 0.05) is 5.92 Å². The lowest BCUT2D eigenvalue weighted by atomic mass is 9.89. The van der Waals surface area contributed by atoms with E-state index in [4.69, 9.17) is 9.15 Å². The zero-order chi connectivity index (χ0) is 16.1. The van der Waals surface area contributed by atoms with Gasteiger partial charge in [0.1, 0.15) is 11.3 Å². The lowest BCUT2D eigenvalue weighted by Crippen LogP contribution is -2.08. The second kappa shape index (κ2) is 5.22. The zero-order valence-electron chi connectivity index (χ0n) is 13.5. The Hall–Kier alpha value is -2.57. The van der Waals surface area contributed by atoms with Gasteiger partial charge in [-0.2, -0.15) is 0 Å². The maximum absolute atomic E-state index is 5.85. The van der Waals surface area contributed by atoms with Crippen LogP contribution < -0.4 is 10.1 Å². The number of fused-ring (bicyclic) bond motifs is 3. The number of para-hydroxylation sites is 1. The Morgan fingerprint density at radius 2 is 2.21 bits per heavy atom. The van der Waals surface area contributed by atoms with Crippen molar-refractivity contribution in [3.8, 4) is 5.75 Å². The molecule has 2 aliphatic carbocycles. The molecule has 0 saturated heterocycles. The number of ether oxygens (including phenoxy) is 1. The molecule has 124 valence electrons. The van der Waals surface area contributed by atoms with E-state index in [1.54, 1.807) is 7.11 Å². The summed E-state index contributed by atoms with van der Waals surface area (Å²) in [5, 5.41) is 11.5. The van der Waals surface area contributed by atoms with E-state index in [2.05, 4.69) is 25.5 Å². The van der Waals surface area contributed by atoms with Crippen LogP contribution in [0, 0.1) is 11.8 Å².